The van der Waals surface area contributed by atoms with E-state index in [1.807, 2.05) is 41.9 Å². The maximum Gasteiger partial charge on any atom is 0.368 e. The minimum absolute atomic E-state index is 0.0970. The average Bonchev–Trinajstić information content (AvgIpc) is 3.65. The lowest BCUT2D eigenvalue weighted by molar-refractivity contribution is 0.241. The van der Waals surface area contributed by atoms with Crippen LogP contribution in [0.5, 0.6) is 5.75 Å². The van der Waals surface area contributed by atoms with Crippen molar-refractivity contribution in [3.63, 3.8) is 0 Å². The molecule has 1 aliphatic carbocycles. The van der Waals surface area contributed by atoms with Crippen LogP contribution in [0.15, 0.2) is 65.6 Å². The van der Waals surface area contributed by atoms with Crippen LogP contribution in [0, 0.1) is 5.41 Å². The Bertz CT molecular complexity index is 1370. The highest BCUT2D eigenvalue weighted by Gasteiger charge is 2.39. The number of ether oxygens (including phenoxy) is 1. The zero-order chi connectivity index (χ0) is 26.8. The lowest BCUT2D eigenvalue weighted by Crippen LogP contribution is -2.46. The Morgan fingerprint density at radius 3 is 2.47 bits per heavy atom. The molecular formula is C27H33ClN5O4P. The van der Waals surface area contributed by atoms with E-state index in [2.05, 4.69) is 22.0 Å². The first-order valence-corrected chi connectivity index (χ1v) is 14.9. The summed E-state index contributed by atoms with van der Waals surface area (Å²) in [7, 11) is -3.30. The standard InChI is InChI=1S/C27H33ClN5O4P/c1-3-37-38(35,30-22-9-5-4-6-10-22)32-16-14-31(15-17-32)24-19-29-33(23-11-7-8-21(28)18-23)26(34)25(24)36-20-27(2)12-13-27/h4-11,18-19H,3,12-17,20H2,1-2H3,(H,30,35). The van der Waals surface area contributed by atoms with Crippen LogP contribution in [-0.2, 0) is 9.09 Å². The summed E-state index contributed by atoms with van der Waals surface area (Å²) in [5.41, 5.74) is 1.72. The molecule has 202 valence electrons. The molecule has 1 saturated carbocycles. The highest BCUT2D eigenvalue weighted by Crippen LogP contribution is 2.51. The van der Waals surface area contributed by atoms with Crippen molar-refractivity contribution in [1.82, 2.24) is 14.5 Å². The van der Waals surface area contributed by atoms with Crippen LogP contribution in [0.2, 0.25) is 5.02 Å². The quantitative estimate of drug-likeness (QED) is 0.330. The Kier molecular flexibility index (Phi) is 7.82. The summed E-state index contributed by atoms with van der Waals surface area (Å²) < 4.78 is 29.0. The summed E-state index contributed by atoms with van der Waals surface area (Å²) in [5, 5.41) is 8.09. The number of nitrogens with zero attached hydrogens (tertiary/aromatic N) is 4. The molecule has 0 spiro atoms. The lowest BCUT2D eigenvalue weighted by atomic mass is 10.2. The van der Waals surface area contributed by atoms with Gasteiger partial charge in [0.15, 0.2) is 0 Å². The molecule has 1 unspecified atom stereocenters. The van der Waals surface area contributed by atoms with Gasteiger partial charge in [0.05, 0.1) is 25.1 Å². The molecule has 2 aliphatic rings. The largest absolute Gasteiger partial charge is 0.486 e. The smallest absolute Gasteiger partial charge is 0.368 e. The van der Waals surface area contributed by atoms with Gasteiger partial charge in [-0.3, -0.25) is 4.79 Å². The Hall–Kier alpha value is -2.84. The number of benzene rings is 2. The molecule has 1 aliphatic heterocycles. The molecule has 5 rings (SSSR count). The first-order chi connectivity index (χ1) is 18.3. The van der Waals surface area contributed by atoms with Crippen molar-refractivity contribution in [3.05, 3.63) is 76.2 Å². The van der Waals surface area contributed by atoms with Gasteiger partial charge >= 0.3 is 13.2 Å². The van der Waals surface area contributed by atoms with Crippen LogP contribution in [0.4, 0.5) is 11.4 Å². The zero-order valence-electron chi connectivity index (χ0n) is 21.7. The second-order valence-corrected chi connectivity index (χ2v) is 12.5. The summed E-state index contributed by atoms with van der Waals surface area (Å²) in [6.45, 7) is 6.80. The Morgan fingerprint density at radius 1 is 1.08 bits per heavy atom. The Labute approximate surface area is 227 Å². The van der Waals surface area contributed by atoms with Gasteiger partial charge < -0.3 is 19.2 Å². The van der Waals surface area contributed by atoms with Crippen molar-refractivity contribution < 1.29 is 13.8 Å². The van der Waals surface area contributed by atoms with Crippen LogP contribution in [0.25, 0.3) is 5.69 Å². The number of para-hydroxylation sites is 1. The number of rotatable bonds is 10. The maximum absolute atomic E-state index is 13.8. The Morgan fingerprint density at radius 2 is 1.82 bits per heavy atom. The third-order valence-corrected chi connectivity index (χ3v) is 9.48. The van der Waals surface area contributed by atoms with Gasteiger partial charge in [-0.05, 0) is 50.1 Å². The fourth-order valence-electron chi connectivity index (χ4n) is 4.42. The number of piperazine rings is 1. The van der Waals surface area contributed by atoms with E-state index in [1.54, 1.807) is 30.5 Å². The number of halogens is 1. The van der Waals surface area contributed by atoms with Gasteiger partial charge in [0.2, 0.25) is 5.75 Å². The summed E-state index contributed by atoms with van der Waals surface area (Å²) in [4.78, 5) is 15.7. The number of hydrogen-bond acceptors (Lipinski definition) is 6. The fourth-order valence-corrected chi connectivity index (χ4v) is 6.51. The highest BCUT2D eigenvalue weighted by atomic mass is 35.5. The molecule has 2 aromatic carbocycles. The van der Waals surface area contributed by atoms with Crippen molar-refractivity contribution in [1.29, 1.82) is 0 Å². The second-order valence-electron chi connectivity index (χ2n) is 10.0. The second kappa shape index (κ2) is 11.1. The third kappa shape index (κ3) is 5.91. The molecule has 0 bridgehead atoms. The van der Waals surface area contributed by atoms with E-state index in [0.29, 0.717) is 55.8 Å². The van der Waals surface area contributed by atoms with Gasteiger partial charge in [0.25, 0.3) is 0 Å². The summed E-state index contributed by atoms with van der Waals surface area (Å²) in [5.74, 6) is 0.275. The molecule has 1 N–H and O–H groups in total. The van der Waals surface area contributed by atoms with Crippen LogP contribution >= 0.6 is 19.3 Å². The molecule has 1 aromatic heterocycles. The summed E-state index contributed by atoms with van der Waals surface area (Å²) in [6, 6.07) is 16.4. The van der Waals surface area contributed by atoms with Crippen LogP contribution in [-0.4, -0.2) is 53.8 Å². The minimum atomic E-state index is -3.30. The molecule has 11 heteroatoms. The molecule has 9 nitrogen and oxygen atoms in total. The molecule has 0 amide bonds. The van der Waals surface area contributed by atoms with Crippen molar-refractivity contribution >= 4 is 30.6 Å². The van der Waals surface area contributed by atoms with Gasteiger partial charge in [-0.2, -0.15) is 9.78 Å². The number of nitrogens with one attached hydrogen (secondary N) is 1. The Balaban J connectivity index is 1.38. The molecule has 0 radical (unpaired) electrons. The first-order valence-electron chi connectivity index (χ1n) is 12.9. The summed E-state index contributed by atoms with van der Waals surface area (Å²) in [6.07, 6.45) is 3.83. The lowest BCUT2D eigenvalue weighted by Gasteiger charge is -2.39. The van der Waals surface area contributed by atoms with Crippen molar-refractivity contribution in [2.45, 2.75) is 26.7 Å². The molecule has 2 heterocycles. The van der Waals surface area contributed by atoms with Gasteiger partial charge in [0, 0.05) is 42.3 Å². The predicted octanol–water partition coefficient (Wildman–Crippen LogP) is 5.44. The van der Waals surface area contributed by atoms with E-state index in [9.17, 15) is 9.36 Å². The van der Waals surface area contributed by atoms with Gasteiger partial charge in [-0.1, -0.05) is 42.8 Å². The third-order valence-electron chi connectivity index (χ3n) is 6.95. The van der Waals surface area contributed by atoms with E-state index in [-0.39, 0.29) is 16.7 Å². The van der Waals surface area contributed by atoms with Crippen molar-refractivity contribution in [3.8, 4) is 11.4 Å². The topological polar surface area (TPSA) is 88.9 Å². The van der Waals surface area contributed by atoms with Crippen LogP contribution in [0.1, 0.15) is 26.7 Å². The predicted molar refractivity (Wildman–Crippen MR) is 151 cm³/mol. The number of hydrogen-bond donors (Lipinski definition) is 1. The van der Waals surface area contributed by atoms with Gasteiger partial charge in [-0.15, -0.1) is 0 Å². The van der Waals surface area contributed by atoms with Gasteiger partial charge in [0.1, 0.15) is 5.69 Å². The number of anilines is 2. The monoisotopic (exact) mass is 557 g/mol. The molecule has 1 atom stereocenters. The average molecular weight is 558 g/mol. The highest BCUT2D eigenvalue weighted by molar-refractivity contribution is 7.58. The molecule has 2 fully saturated rings. The molecular weight excluding hydrogens is 525 g/mol. The van der Waals surface area contributed by atoms with E-state index in [1.165, 1.54) is 4.68 Å². The minimum Gasteiger partial charge on any atom is -0.486 e. The van der Waals surface area contributed by atoms with E-state index in [0.717, 1.165) is 18.5 Å². The SMILES string of the molecule is CCOP(=O)(Nc1ccccc1)N1CCN(c2cnn(-c3cccc(Cl)c3)c(=O)c2OCC2(C)CC2)CC1. The van der Waals surface area contributed by atoms with Crippen molar-refractivity contribution in [2.75, 3.05) is 49.4 Å². The van der Waals surface area contributed by atoms with Crippen LogP contribution in [0.3, 0.4) is 0 Å². The fraction of sp³-hybridized carbons (Fsp3) is 0.407. The van der Waals surface area contributed by atoms with Crippen LogP contribution < -0.4 is 20.3 Å². The molecule has 3 aromatic rings. The summed E-state index contributed by atoms with van der Waals surface area (Å²) >= 11 is 6.17. The van der Waals surface area contributed by atoms with Crippen molar-refractivity contribution in [2.24, 2.45) is 5.41 Å². The van der Waals surface area contributed by atoms with E-state index >= 15 is 0 Å². The molecule has 1 saturated heterocycles. The normalized spacial score (nSPS) is 18.6. The maximum atomic E-state index is 13.8. The number of aromatic nitrogens is 2. The zero-order valence-corrected chi connectivity index (χ0v) is 23.3. The molecule has 38 heavy (non-hydrogen) atoms. The van der Waals surface area contributed by atoms with E-state index < -0.39 is 7.67 Å². The van der Waals surface area contributed by atoms with Gasteiger partial charge in [-0.25, -0.2) is 9.24 Å². The first kappa shape index (κ1) is 26.8. The van der Waals surface area contributed by atoms with E-state index in [4.69, 9.17) is 20.9 Å².